The molecule has 1 aromatic carbocycles. The zero-order chi connectivity index (χ0) is 16.2. The van der Waals surface area contributed by atoms with Gasteiger partial charge in [-0.25, -0.2) is 0 Å². The van der Waals surface area contributed by atoms with E-state index in [-0.39, 0.29) is 5.91 Å². The molecule has 1 amide bonds. The number of carbonyl (C=O) groups is 1. The molecule has 2 aliphatic rings. The Hall–Kier alpha value is -1.55. The quantitative estimate of drug-likeness (QED) is 0.873. The van der Waals surface area contributed by atoms with Crippen LogP contribution in [-0.2, 0) is 0 Å². The molecule has 1 unspecified atom stereocenters. The zero-order valence-electron chi connectivity index (χ0n) is 14.2. The van der Waals surface area contributed by atoms with Gasteiger partial charge in [-0.2, -0.15) is 0 Å². The lowest BCUT2D eigenvalue weighted by molar-refractivity contribution is 0.0623. The second kappa shape index (κ2) is 7.35. The van der Waals surface area contributed by atoms with Crippen LogP contribution in [0.5, 0.6) is 0 Å². The Balaban J connectivity index is 1.58. The number of rotatable bonds is 3. The van der Waals surface area contributed by atoms with Crippen LogP contribution >= 0.6 is 0 Å². The monoisotopic (exact) mass is 315 g/mol. The van der Waals surface area contributed by atoms with E-state index in [9.17, 15) is 4.79 Å². The average molecular weight is 315 g/mol. The van der Waals surface area contributed by atoms with Crippen molar-refractivity contribution in [3.63, 3.8) is 0 Å². The number of nitrogen functional groups attached to an aromatic ring is 1. The summed E-state index contributed by atoms with van der Waals surface area (Å²) in [5.74, 6) is 1.57. The number of piperidine rings is 2. The third-order valence-electron chi connectivity index (χ3n) is 5.39. The Morgan fingerprint density at radius 2 is 1.91 bits per heavy atom. The topological polar surface area (TPSA) is 49.6 Å². The summed E-state index contributed by atoms with van der Waals surface area (Å²) < 4.78 is 0. The summed E-state index contributed by atoms with van der Waals surface area (Å²) in [6.07, 6.45) is 4.97. The number of likely N-dealkylation sites (tertiary alicyclic amines) is 2. The van der Waals surface area contributed by atoms with Crippen LogP contribution < -0.4 is 5.73 Å². The summed E-state index contributed by atoms with van der Waals surface area (Å²) in [6.45, 7) is 7.66. The summed E-state index contributed by atoms with van der Waals surface area (Å²) in [5.41, 5.74) is 7.21. The Morgan fingerprint density at radius 1 is 1.17 bits per heavy atom. The van der Waals surface area contributed by atoms with Gasteiger partial charge in [-0.05, 0) is 62.7 Å². The Kier molecular flexibility index (Phi) is 5.21. The zero-order valence-corrected chi connectivity index (χ0v) is 14.2. The molecule has 1 atom stereocenters. The summed E-state index contributed by atoms with van der Waals surface area (Å²) in [7, 11) is 0. The molecule has 0 aromatic heterocycles. The fourth-order valence-corrected chi connectivity index (χ4v) is 3.87. The van der Waals surface area contributed by atoms with E-state index in [4.69, 9.17) is 5.73 Å². The minimum atomic E-state index is 0.0973. The molecule has 2 aliphatic heterocycles. The van der Waals surface area contributed by atoms with Crippen LogP contribution in [0.2, 0.25) is 0 Å². The lowest BCUT2D eigenvalue weighted by Gasteiger charge is -2.38. The molecule has 2 saturated heterocycles. The highest BCUT2D eigenvalue weighted by Crippen LogP contribution is 2.23. The van der Waals surface area contributed by atoms with Crippen LogP contribution in [0.25, 0.3) is 0 Å². The minimum absolute atomic E-state index is 0.0973. The van der Waals surface area contributed by atoms with E-state index in [1.165, 1.54) is 32.4 Å². The first-order valence-electron chi connectivity index (χ1n) is 8.99. The van der Waals surface area contributed by atoms with Gasteiger partial charge in [-0.3, -0.25) is 4.79 Å². The third-order valence-corrected chi connectivity index (χ3v) is 5.39. The predicted octanol–water partition coefficient (Wildman–Crippen LogP) is 2.85. The molecular formula is C19H29N3O. The molecule has 3 rings (SSSR count). The molecule has 4 heteroatoms. The largest absolute Gasteiger partial charge is 0.398 e. The van der Waals surface area contributed by atoms with Crippen molar-refractivity contribution in [3.05, 3.63) is 29.8 Å². The maximum absolute atomic E-state index is 12.7. The normalized spacial score (nSPS) is 23.9. The van der Waals surface area contributed by atoms with Gasteiger partial charge in [-0.15, -0.1) is 0 Å². The van der Waals surface area contributed by atoms with Crippen LogP contribution in [0.4, 0.5) is 5.69 Å². The van der Waals surface area contributed by atoms with Crippen molar-refractivity contribution in [1.82, 2.24) is 9.80 Å². The molecule has 2 fully saturated rings. The van der Waals surface area contributed by atoms with Crippen molar-refractivity contribution in [1.29, 1.82) is 0 Å². The first-order valence-corrected chi connectivity index (χ1v) is 8.99. The highest BCUT2D eigenvalue weighted by Gasteiger charge is 2.27. The molecule has 0 bridgehead atoms. The van der Waals surface area contributed by atoms with Gasteiger partial charge in [0.2, 0.25) is 0 Å². The second-order valence-electron chi connectivity index (χ2n) is 7.33. The van der Waals surface area contributed by atoms with Crippen LogP contribution in [0, 0.1) is 11.8 Å². The van der Waals surface area contributed by atoms with Gasteiger partial charge >= 0.3 is 0 Å². The molecule has 0 aliphatic carbocycles. The second-order valence-corrected chi connectivity index (χ2v) is 7.33. The molecule has 2 heterocycles. The number of para-hydroxylation sites is 1. The van der Waals surface area contributed by atoms with Crippen molar-refractivity contribution in [2.75, 3.05) is 38.5 Å². The van der Waals surface area contributed by atoms with Crippen molar-refractivity contribution in [3.8, 4) is 0 Å². The first-order chi connectivity index (χ1) is 11.1. The highest BCUT2D eigenvalue weighted by molar-refractivity contribution is 5.99. The average Bonchev–Trinajstić information content (AvgIpc) is 2.57. The SMILES string of the molecule is CC1CCN(CC2CCCN(C(=O)c3ccccc3N)C2)CC1. The Morgan fingerprint density at radius 3 is 2.65 bits per heavy atom. The molecule has 126 valence electrons. The van der Waals surface area contributed by atoms with Gasteiger partial charge in [0.25, 0.3) is 5.91 Å². The van der Waals surface area contributed by atoms with Crippen LogP contribution in [0.3, 0.4) is 0 Å². The highest BCUT2D eigenvalue weighted by atomic mass is 16.2. The Bertz CT molecular complexity index is 537. The fraction of sp³-hybridized carbons (Fsp3) is 0.632. The molecule has 2 N–H and O–H groups in total. The van der Waals surface area contributed by atoms with Gasteiger partial charge in [0.05, 0.1) is 5.56 Å². The minimum Gasteiger partial charge on any atom is -0.398 e. The summed E-state index contributed by atoms with van der Waals surface area (Å²) in [5, 5.41) is 0. The number of nitrogens with two attached hydrogens (primary N) is 1. The van der Waals surface area contributed by atoms with E-state index in [0.717, 1.165) is 32.0 Å². The number of hydrogen-bond donors (Lipinski definition) is 1. The summed E-state index contributed by atoms with van der Waals surface area (Å²) in [6, 6.07) is 7.42. The van der Waals surface area contributed by atoms with E-state index in [0.29, 0.717) is 17.2 Å². The van der Waals surface area contributed by atoms with Crippen molar-refractivity contribution < 1.29 is 4.79 Å². The van der Waals surface area contributed by atoms with Crippen LogP contribution in [0.1, 0.15) is 43.0 Å². The van der Waals surface area contributed by atoms with E-state index in [2.05, 4.69) is 11.8 Å². The van der Waals surface area contributed by atoms with E-state index < -0.39 is 0 Å². The maximum Gasteiger partial charge on any atom is 0.255 e. The molecule has 23 heavy (non-hydrogen) atoms. The van der Waals surface area contributed by atoms with Crippen LogP contribution in [-0.4, -0.2) is 48.4 Å². The summed E-state index contributed by atoms with van der Waals surface area (Å²) >= 11 is 0. The molecule has 1 aromatic rings. The number of amides is 1. The molecule has 0 radical (unpaired) electrons. The number of anilines is 1. The predicted molar refractivity (Wildman–Crippen MR) is 94.3 cm³/mol. The Labute approximate surface area is 139 Å². The van der Waals surface area contributed by atoms with Gasteiger partial charge in [-0.1, -0.05) is 19.1 Å². The van der Waals surface area contributed by atoms with E-state index in [1.54, 1.807) is 0 Å². The van der Waals surface area contributed by atoms with Crippen molar-refractivity contribution >= 4 is 11.6 Å². The van der Waals surface area contributed by atoms with Gasteiger partial charge in [0.1, 0.15) is 0 Å². The van der Waals surface area contributed by atoms with Crippen molar-refractivity contribution in [2.45, 2.75) is 32.6 Å². The van der Waals surface area contributed by atoms with E-state index >= 15 is 0 Å². The first kappa shape index (κ1) is 16.3. The molecule has 0 saturated carbocycles. The number of carbonyl (C=O) groups excluding carboxylic acids is 1. The lowest BCUT2D eigenvalue weighted by Crippen LogP contribution is -2.45. The number of hydrogen-bond acceptors (Lipinski definition) is 3. The molecule has 4 nitrogen and oxygen atoms in total. The van der Waals surface area contributed by atoms with E-state index in [1.807, 2.05) is 29.2 Å². The van der Waals surface area contributed by atoms with Crippen molar-refractivity contribution in [2.24, 2.45) is 11.8 Å². The standard InChI is InChI=1S/C19H29N3O/c1-15-8-11-21(12-9-15)13-16-5-4-10-22(14-16)19(23)17-6-2-3-7-18(17)20/h2-3,6-7,15-16H,4-5,8-14,20H2,1H3. The smallest absolute Gasteiger partial charge is 0.255 e. The third kappa shape index (κ3) is 4.05. The maximum atomic E-state index is 12.7. The number of benzene rings is 1. The lowest BCUT2D eigenvalue weighted by atomic mass is 9.94. The van der Waals surface area contributed by atoms with Gasteiger partial charge in [0, 0.05) is 25.3 Å². The molecular weight excluding hydrogens is 286 g/mol. The van der Waals surface area contributed by atoms with Gasteiger partial charge in [0.15, 0.2) is 0 Å². The van der Waals surface area contributed by atoms with Crippen LogP contribution in [0.15, 0.2) is 24.3 Å². The number of nitrogens with zero attached hydrogens (tertiary/aromatic N) is 2. The molecule has 0 spiro atoms. The summed E-state index contributed by atoms with van der Waals surface area (Å²) in [4.78, 5) is 17.3. The van der Waals surface area contributed by atoms with Gasteiger partial charge < -0.3 is 15.5 Å². The fourth-order valence-electron chi connectivity index (χ4n) is 3.87.